The van der Waals surface area contributed by atoms with Gasteiger partial charge in [-0.25, -0.2) is 0 Å². The predicted octanol–water partition coefficient (Wildman–Crippen LogP) is 3.55. The lowest BCUT2D eigenvalue weighted by Gasteiger charge is -2.35. The van der Waals surface area contributed by atoms with E-state index in [1.54, 1.807) is 0 Å². The van der Waals surface area contributed by atoms with Crippen molar-refractivity contribution in [1.29, 1.82) is 0 Å². The fourth-order valence-corrected chi connectivity index (χ4v) is 4.97. The lowest BCUT2D eigenvalue weighted by molar-refractivity contribution is -0.133. The van der Waals surface area contributed by atoms with Crippen molar-refractivity contribution in [1.82, 2.24) is 19.3 Å². The topological polar surface area (TPSA) is 31.7 Å². The van der Waals surface area contributed by atoms with Gasteiger partial charge >= 0.3 is 0 Å². The Morgan fingerprint density at radius 1 is 0.742 bits per heavy atom. The summed E-state index contributed by atoms with van der Waals surface area (Å²) in [6.07, 6.45) is 2.70. The molecule has 0 saturated carbocycles. The van der Waals surface area contributed by atoms with Gasteiger partial charge in [0.25, 0.3) is 0 Å². The maximum atomic E-state index is 13.2. The summed E-state index contributed by atoms with van der Waals surface area (Å²) >= 11 is 0. The quantitative estimate of drug-likeness (QED) is 0.616. The third kappa shape index (κ3) is 4.53. The number of aromatic nitrogens is 1. The zero-order valence-corrected chi connectivity index (χ0v) is 18.2. The van der Waals surface area contributed by atoms with Crippen LogP contribution in [0, 0.1) is 0 Å². The van der Waals surface area contributed by atoms with Crippen LogP contribution in [-0.2, 0) is 11.3 Å². The summed E-state index contributed by atoms with van der Waals surface area (Å²) in [5.41, 5.74) is 3.39. The molecule has 2 aliphatic heterocycles. The van der Waals surface area contributed by atoms with E-state index in [0.29, 0.717) is 6.54 Å². The second-order valence-corrected chi connectivity index (χ2v) is 8.81. The zero-order valence-electron chi connectivity index (χ0n) is 18.2. The van der Waals surface area contributed by atoms with Crippen LogP contribution in [-0.4, -0.2) is 77.5 Å². The van der Waals surface area contributed by atoms with Crippen LogP contribution in [0.3, 0.4) is 0 Å². The Labute approximate surface area is 184 Å². The van der Waals surface area contributed by atoms with Crippen LogP contribution < -0.4 is 0 Å². The Balaban J connectivity index is 1.25. The highest BCUT2D eigenvalue weighted by molar-refractivity contribution is 5.89. The Kier molecular flexibility index (Phi) is 6.05. The van der Waals surface area contributed by atoms with Gasteiger partial charge in [-0.1, -0.05) is 48.5 Å². The molecular weight excluding hydrogens is 384 g/mol. The van der Waals surface area contributed by atoms with Gasteiger partial charge in [-0.3, -0.25) is 9.69 Å². The smallest absolute Gasteiger partial charge is 0.242 e. The summed E-state index contributed by atoms with van der Waals surface area (Å²) in [6.45, 7) is 8.84. The first-order valence-electron chi connectivity index (χ1n) is 11.6. The number of carbonyl (C=O) groups excluding carboxylic acids is 1. The average Bonchev–Trinajstić information content (AvgIpc) is 3.47. The maximum absolute atomic E-state index is 13.2. The molecule has 2 aromatic carbocycles. The molecule has 3 heterocycles. The molecule has 31 heavy (non-hydrogen) atoms. The van der Waals surface area contributed by atoms with Crippen molar-refractivity contribution >= 4 is 16.8 Å². The summed E-state index contributed by atoms with van der Waals surface area (Å²) < 4.78 is 2.19. The Bertz CT molecular complexity index is 1010. The normalized spacial score (nSPS) is 18.1. The summed E-state index contributed by atoms with van der Waals surface area (Å²) in [5.74, 6) is 0.220. The number of amides is 1. The number of fused-ring (bicyclic) bond motifs is 1. The van der Waals surface area contributed by atoms with E-state index in [0.717, 1.165) is 49.5 Å². The van der Waals surface area contributed by atoms with Crippen molar-refractivity contribution in [2.45, 2.75) is 19.4 Å². The van der Waals surface area contributed by atoms with Gasteiger partial charge in [0.1, 0.15) is 6.54 Å². The van der Waals surface area contributed by atoms with E-state index >= 15 is 0 Å². The number of hydrogen-bond donors (Lipinski definition) is 0. The van der Waals surface area contributed by atoms with Crippen molar-refractivity contribution in [2.75, 3.05) is 52.4 Å². The first-order chi connectivity index (χ1) is 15.3. The number of hydrogen-bond acceptors (Lipinski definition) is 3. The molecule has 0 atom stereocenters. The van der Waals surface area contributed by atoms with Gasteiger partial charge in [-0.2, -0.15) is 0 Å². The standard InChI is InChI=1S/C26H32N4O/c31-26(29-18-16-28(17-19-29)15-14-27-12-6-7-13-27)21-30-24-11-5-4-10-23(24)20-25(30)22-8-2-1-3-9-22/h1-5,8-11,20H,6-7,12-19,21H2. The Hall–Kier alpha value is -2.63. The molecule has 2 aliphatic rings. The zero-order chi connectivity index (χ0) is 21.0. The number of likely N-dealkylation sites (tertiary alicyclic amines) is 1. The highest BCUT2D eigenvalue weighted by atomic mass is 16.2. The van der Waals surface area contributed by atoms with Gasteiger partial charge in [0.15, 0.2) is 0 Å². The SMILES string of the molecule is O=C(Cn1c(-c2ccccc2)cc2ccccc21)N1CCN(CCN2CCCC2)CC1. The minimum absolute atomic E-state index is 0.220. The van der Waals surface area contributed by atoms with E-state index in [1.165, 1.54) is 37.9 Å². The van der Waals surface area contributed by atoms with E-state index in [4.69, 9.17) is 0 Å². The average molecular weight is 417 g/mol. The molecule has 162 valence electrons. The fraction of sp³-hybridized carbons (Fsp3) is 0.423. The van der Waals surface area contributed by atoms with Crippen LogP contribution in [0.4, 0.5) is 0 Å². The van der Waals surface area contributed by atoms with Crippen LogP contribution in [0.15, 0.2) is 60.7 Å². The van der Waals surface area contributed by atoms with Gasteiger partial charge in [-0.15, -0.1) is 0 Å². The summed E-state index contributed by atoms with van der Waals surface area (Å²) in [7, 11) is 0. The second kappa shape index (κ2) is 9.25. The molecule has 1 amide bonds. The molecule has 0 aliphatic carbocycles. The molecule has 0 unspecified atom stereocenters. The van der Waals surface area contributed by atoms with E-state index in [2.05, 4.69) is 73.9 Å². The minimum atomic E-state index is 0.220. The van der Waals surface area contributed by atoms with Crippen molar-refractivity contribution in [3.05, 3.63) is 60.7 Å². The fourth-order valence-electron chi connectivity index (χ4n) is 4.97. The third-order valence-electron chi connectivity index (χ3n) is 6.83. The van der Waals surface area contributed by atoms with Crippen LogP contribution in [0.2, 0.25) is 0 Å². The van der Waals surface area contributed by atoms with Crippen LogP contribution >= 0.6 is 0 Å². The molecule has 2 saturated heterocycles. The maximum Gasteiger partial charge on any atom is 0.242 e. The van der Waals surface area contributed by atoms with Crippen LogP contribution in [0.1, 0.15) is 12.8 Å². The molecule has 5 heteroatoms. The third-order valence-corrected chi connectivity index (χ3v) is 6.83. The highest BCUT2D eigenvalue weighted by Crippen LogP contribution is 2.28. The Morgan fingerprint density at radius 3 is 2.13 bits per heavy atom. The number of piperazine rings is 1. The number of nitrogens with zero attached hydrogens (tertiary/aromatic N) is 4. The molecular formula is C26H32N4O. The van der Waals surface area contributed by atoms with Gasteiger partial charge in [0.2, 0.25) is 5.91 Å². The minimum Gasteiger partial charge on any atom is -0.339 e. The molecule has 1 aromatic heterocycles. The van der Waals surface area contributed by atoms with Crippen molar-refractivity contribution in [2.24, 2.45) is 0 Å². The molecule has 5 nitrogen and oxygen atoms in total. The van der Waals surface area contributed by atoms with E-state index in [1.807, 2.05) is 6.07 Å². The monoisotopic (exact) mass is 416 g/mol. The first-order valence-corrected chi connectivity index (χ1v) is 11.6. The Morgan fingerprint density at radius 2 is 1.39 bits per heavy atom. The predicted molar refractivity (Wildman–Crippen MR) is 126 cm³/mol. The van der Waals surface area contributed by atoms with Crippen LogP contribution in [0.25, 0.3) is 22.2 Å². The molecule has 2 fully saturated rings. The molecule has 0 N–H and O–H groups in total. The summed E-state index contributed by atoms with van der Waals surface area (Å²) in [5, 5.41) is 1.18. The van der Waals surface area contributed by atoms with Crippen molar-refractivity contribution in [3.8, 4) is 11.3 Å². The summed E-state index contributed by atoms with van der Waals surface area (Å²) in [4.78, 5) is 20.4. The van der Waals surface area contributed by atoms with Gasteiger partial charge < -0.3 is 14.4 Å². The molecule has 0 radical (unpaired) electrons. The molecule has 5 rings (SSSR count). The number of benzene rings is 2. The van der Waals surface area contributed by atoms with Gasteiger partial charge in [-0.05, 0) is 43.6 Å². The van der Waals surface area contributed by atoms with Crippen LogP contribution in [0.5, 0.6) is 0 Å². The number of para-hydroxylation sites is 1. The second-order valence-electron chi connectivity index (χ2n) is 8.81. The van der Waals surface area contributed by atoms with Gasteiger partial charge in [0, 0.05) is 55.9 Å². The summed E-state index contributed by atoms with van der Waals surface area (Å²) in [6, 6.07) is 20.9. The molecule has 3 aromatic rings. The largest absolute Gasteiger partial charge is 0.339 e. The van der Waals surface area contributed by atoms with E-state index in [9.17, 15) is 4.79 Å². The van der Waals surface area contributed by atoms with Crippen molar-refractivity contribution in [3.63, 3.8) is 0 Å². The van der Waals surface area contributed by atoms with E-state index < -0.39 is 0 Å². The number of carbonyl (C=O) groups is 1. The molecule has 0 spiro atoms. The lowest BCUT2D eigenvalue weighted by atomic mass is 10.1. The van der Waals surface area contributed by atoms with E-state index in [-0.39, 0.29) is 5.91 Å². The number of rotatable bonds is 6. The first kappa shape index (κ1) is 20.3. The van der Waals surface area contributed by atoms with Gasteiger partial charge in [0.05, 0.1) is 0 Å². The highest BCUT2D eigenvalue weighted by Gasteiger charge is 2.23. The lowest BCUT2D eigenvalue weighted by Crippen LogP contribution is -2.50. The van der Waals surface area contributed by atoms with Crippen molar-refractivity contribution < 1.29 is 4.79 Å². The molecule has 0 bridgehead atoms.